The summed E-state index contributed by atoms with van der Waals surface area (Å²) in [5, 5.41) is 15.4. The van der Waals surface area contributed by atoms with Crippen LogP contribution in [0.15, 0.2) is 30.7 Å². The zero-order valence-corrected chi connectivity index (χ0v) is 16.1. The first kappa shape index (κ1) is 22.2. The fraction of sp³-hybridized carbons (Fsp3) is 0.235. The number of carbonyl (C=O) groups is 1. The maximum absolute atomic E-state index is 13.0. The minimum absolute atomic E-state index is 0.0634. The molecule has 1 N–H and O–H groups in total. The quantitative estimate of drug-likeness (QED) is 0.591. The summed E-state index contributed by atoms with van der Waals surface area (Å²) < 4.78 is 79.2. The number of benzene rings is 1. The molecule has 0 aliphatic rings. The van der Waals surface area contributed by atoms with Gasteiger partial charge in [-0.2, -0.15) is 41.4 Å². The predicted molar refractivity (Wildman–Crippen MR) is 94.1 cm³/mol. The molecule has 0 spiro atoms. The van der Waals surface area contributed by atoms with Crippen molar-refractivity contribution in [1.29, 1.82) is 5.26 Å². The van der Waals surface area contributed by atoms with Gasteiger partial charge in [-0.25, -0.2) is 9.97 Å². The predicted octanol–water partition coefficient (Wildman–Crippen LogP) is 4.12. The second kappa shape index (κ2) is 7.99. The van der Waals surface area contributed by atoms with Crippen LogP contribution < -0.4 is 5.32 Å². The Hall–Kier alpha value is -3.47. The van der Waals surface area contributed by atoms with Crippen LogP contribution in [0.1, 0.15) is 45.2 Å². The lowest BCUT2D eigenvalue weighted by Crippen LogP contribution is -2.29. The Bertz CT molecular complexity index is 1130. The maximum Gasteiger partial charge on any atom is 0.416 e. The molecule has 0 bridgehead atoms. The van der Waals surface area contributed by atoms with Crippen LogP contribution in [0.3, 0.4) is 0 Å². The molecule has 1 aromatic carbocycles. The molecule has 0 unspecified atom stereocenters. The van der Waals surface area contributed by atoms with Crippen molar-refractivity contribution >= 4 is 17.2 Å². The number of rotatable bonds is 4. The van der Waals surface area contributed by atoms with Gasteiger partial charge in [-0.1, -0.05) is 11.3 Å². The number of carbonyl (C=O) groups excluding carboxylic acids is 1. The normalized spacial score (nSPS) is 13.0. The molecule has 0 saturated carbocycles. The summed E-state index contributed by atoms with van der Waals surface area (Å²) >= 11 is 0.972. The van der Waals surface area contributed by atoms with Crippen molar-refractivity contribution in [2.24, 2.45) is 0 Å². The van der Waals surface area contributed by atoms with E-state index in [1.165, 1.54) is 17.8 Å². The third kappa shape index (κ3) is 4.82. The molecule has 162 valence electrons. The number of hydrogen-bond donors (Lipinski definition) is 1. The van der Waals surface area contributed by atoms with Crippen molar-refractivity contribution in [2.75, 3.05) is 0 Å². The van der Waals surface area contributed by atoms with Crippen LogP contribution in [-0.4, -0.2) is 25.7 Å². The Kier molecular flexibility index (Phi) is 5.72. The number of thiazole rings is 1. The van der Waals surface area contributed by atoms with E-state index in [4.69, 9.17) is 5.26 Å². The number of amides is 1. The van der Waals surface area contributed by atoms with E-state index in [0.717, 1.165) is 17.7 Å². The zero-order valence-electron chi connectivity index (χ0n) is 15.3. The lowest BCUT2D eigenvalue weighted by Gasteiger charge is -2.16. The molecule has 7 nitrogen and oxygen atoms in total. The second-order valence-electron chi connectivity index (χ2n) is 6.14. The molecule has 31 heavy (non-hydrogen) atoms. The minimum atomic E-state index is -5.08. The van der Waals surface area contributed by atoms with Crippen molar-refractivity contribution < 1.29 is 31.1 Å². The highest BCUT2D eigenvalue weighted by atomic mass is 32.1. The van der Waals surface area contributed by atoms with Gasteiger partial charge < -0.3 is 5.32 Å². The largest absolute Gasteiger partial charge is 0.416 e. The summed E-state index contributed by atoms with van der Waals surface area (Å²) in [4.78, 5) is 20.7. The minimum Gasteiger partial charge on any atom is -0.342 e. The third-order valence-electron chi connectivity index (χ3n) is 3.94. The number of aromatic nitrogens is 4. The molecule has 0 fully saturated rings. The molecule has 1 atom stereocenters. The van der Waals surface area contributed by atoms with Gasteiger partial charge in [0.2, 0.25) is 5.13 Å². The number of nitrogens with one attached hydrogen (secondary N) is 1. The topological polar surface area (TPSA) is 96.5 Å². The standard InChI is InChI=1S/C17H10F6N6OS/c1-8(13-26-7-27-29(13)15-25-6-12(5-24)31-15)28-14(30)9-2-10(16(18,19)20)4-11(3-9)17(21,22)23/h2-4,6-8H,1H3,(H,28,30)/t8-/m0/s1. The zero-order chi connectivity index (χ0) is 23.0. The van der Waals surface area contributed by atoms with Crippen molar-refractivity contribution in [2.45, 2.75) is 25.3 Å². The van der Waals surface area contributed by atoms with Gasteiger partial charge in [0.25, 0.3) is 5.91 Å². The highest BCUT2D eigenvalue weighted by molar-refractivity contribution is 7.14. The Morgan fingerprint density at radius 1 is 1.13 bits per heavy atom. The van der Waals surface area contributed by atoms with Gasteiger partial charge in [-0.15, -0.1) is 0 Å². The Morgan fingerprint density at radius 2 is 1.74 bits per heavy atom. The van der Waals surface area contributed by atoms with Crippen molar-refractivity contribution in [3.63, 3.8) is 0 Å². The molecule has 2 heterocycles. The number of hydrogen-bond acceptors (Lipinski definition) is 6. The number of nitrogens with zero attached hydrogens (tertiary/aromatic N) is 5. The van der Waals surface area contributed by atoms with E-state index >= 15 is 0 Å². The smallest absolute Gasteiger partial charge is 0.342 e. The lowest BCUT2D eigenvalue weighted by atomic mass is 10.0. The fourth-order valence-electron chi connectivity index (χ4n) is 2.54. The summed E-state index contributed by atoms with van der Waals surface area (Å²) in [5.74, 6) is -1.06. The van der Waals surface area contributed by atoms with Crippen LogP contribution in [-0.2, 0) is 12.4 Å². The van der Waals surface area contributed by atoms with E-state index in [1.807, 2.05) is 6.07 Å². The van der Waals surface area contributed by atoms with Gasteiger partial charge in [-0.3, -0.25) is 4.79 Å². The van der Waals surface area contributed by atoms with Crippen molar-refractivity contribution in [3.8, 4) is 11.2 Å². The van der Waals surface area contributed by atoms with E-state index in [9.17, 15) is 31.1 Å². The van der Waals surface area contributed by atoms with Crippen LogP contribution in [0, 0.1) is 11.3 Å². The molecule has 0 radical (unpaired) electrons. The first-order valence-corrected chi connectivity index (χ1v) is 9.08. The Labute approximate surface area is 174 Å². The number of halogens is 6. The monoisotopic (exact) mass is 460 g/mol. The first-order chi connectivity index (χ1) is 14.4. The lowest BCUT2D eigenvalue weighted by molar-refractivity contribution is -0.143. The summed E-state index contributed by atoms with van der Waals surface area (Å²) in [5.41, 5.74) is -4.02. The van der Waals surface area contributed by atoms with Gasteiger partial charge >= 0.3 is 12.4 Å². The molecule has 3 aromatic rings. The van der Waals surface area contributed by atoms with Crippen LogP contribution in [0.5, 0.6) is 0 Å². The highest BCUT2D eigenvalue weighted by Crippen LogP contribution is 2.36. The van der Waals surface area contributed by atoms with Crippen molar-refractivity contribution in [3.05, 3.63) is 58.1 Å². The van der Waals surface area contributed by atoms with Crippen LogP contribution >= 0.6 is 11.3 Å². The van der Waals surface area contributed by atoms with E-state index in [-0.39, 0.29) is 21.9 Å². The number of alkyl halides is 6. The Morgan fingerprint density at radius 3 is 2.26 bits per heavy atom. The van der Waals surface area contributed by atoms with Crippen LogP contribution in [0.25, 0.3) is 5.13 Å². The van der Waals surface area contributed by atoms with Crippen LogP contribution in [0.2, 0.25) is 0 Å². The van der Waals surface area contributed by atoms with Gasteiger partial charge in [0.15, 0.2) is 5.82 Å². The van der Waals surface area contributed by atoms with Gasteiger partial charge in [0.1, 0.15) is 17.3 Å². The molecule has 0 aliphatic carbocycles. The molecule has 2 aromatic heterocycles. The van der Waals surface area contributed by atoms with E-state index < -0.39 is 41.0 Å². The third-order valence-corrected chi connectivity index (χ3v) is 4.82. The van der Waals surface area contributed by atoms with E-state index in [1.54, 1.807) is 0 Å². The molecule has 1 amide bonds. The van der Waals surface area contributed by atoms with Crippen LogP contribution in [0.4, 0.5) is 26.3 Å². The fourth-order valence-corrected chi connectivity index (χ4v) is 3.22. The first-order valence-electron chi connectivity index (χ1n) is 8.26. The average Bonchev–Trinajstić information content (AvgIpc) is 3.35. The van der Waals surface area contributed by atoms with Gasteiger partial charge in [0.05, 0.1) is 23.4 Å². The molecule has 3 rings (SSSR count). The highest BCUT2D eigenvalue weighted by Gasteiger charge is 2.37. The Balaban J connectivity index is 1.90. The molecule has 0 aliphatic heterocycles. The maximum atomic E-state index is 13.0. The SMILES string of the molecule is C[C@H](NC(=O)c1cc(C(F)(F)F)cc(C(F)(F)F)c1)c1ncnn1-c1ncc(C#N)s1. The van der Waals surface area contributed by atoms with Gasteiger partial charge in [-0.05, 0) is 25.1 Å². The number of nitriles is 1. The summed E-state index contributed by atoms with van der Waals surface area (Å²) in [7, 11) is 0. The average molecular weight is 460 g/mol. The van der Waals surface area contributed by atoms with E-state index in [2.05, 4.69) is 20.4 Å². The van der Waals surface area contributed by atoms with Gasteiger partial charge in [0, 0.05) is 5.56 Å². The summed E-state index contributed by atoms with van der Waals surface area (Å²) in [6, 6.07) is 1.53. The second-order valence-corrected chi connectivity index (χ2v) is 7.15. The molecule has 14 heteroatoms. The summed E-state index contributed by atoms with van der Waals surface area (Å²) in [6.45, 7) is 1.41. The summed E-state index contributed by atoms with van der Waals surface area (Å²) in [6.07, 6.45) is -7.75. The van der Waals surface area contributed by atoms with E-state index in [0.29, 0.717) is 12.1 Å². The van der Waals surface area contributed by atoms with Crippen molar-refractivity contribution in [1.82, 2.24) is 25.1 Å². The molecular formula is C17H10F6N6OS. The molecule has 0 saturated heterocycles. The molecular weight excluding hydrogens is 450 g/mol.